The summed E-state index contributed by atoms with van der Waals surface area (Å²) in [6.45, 7) is 2.40. The second-order valence-electron chi connectivity index (χ2n) is 4.11. The molecule has 1 aromatic carbocycles. The fraction of sp³-hybridized carbons (Fsp3) is 0.143. The Morgan fingerprint density at radius 3 is 2.61 bits per heavy atom. The molecule has 0 saturated carbocycles. The SMILES string of the molecule is Cc1cncc(C(=O)Nc2ccc(CN)cc2)c1. The Hall–Kier alpha value is -2.20. The van der Waals surface area contributed by atoms with Gasteiger partial charge in [0.2, 0.25) is 0 Å². The minimum absolute atomic E-state index is 0.160. The van der Waals surface area contributed by atoms with Crippen molar-refractivity contribution in [2.24, 2.45) is 5.73 Å². The smallest absolute Gasteiger partial charge is 0.257 e. The summed E-state index contributed by atoms with van der Waals surface area (Å²) in [5.41, 5.74) is 8.81. The third-order valence-corrected chi connectivity index (χ3v) is 2.58. The van der Waals surface area contributed by atoms with Crippen molar-refractivity contribution >= 4 is 11.6 Å². The summed E-state index contributed by atoms with van der Waals surface area (Å²) in [7, 11) is 0. The van der Waals surface area contributed by atoms with Gasteiger partial charge in [0.05, 0.1) is 5.56 Å². The van der Waals surface area contributed by atoms with Gasteiger partial charge < -0.3 is 11.1 Å². The van der Waals surface area contributed by atoms with Crippen LogP contribution in [-0.2, 0) is 6.54 Å². The summed E-state index contributed by atoms with van der Waals surface area (Å²) in [5.74, 6) is -0.160. The summed E-state index contributed by atoms with van der Waals surface area (Å²) in [4.78, 5) is 15.9. The Kier molecular flexibility index (Phi) is 3.69. The van der Waals surface area contributed by atoms with E-state index in [0.717, 1.165) is 16.8 Å². The molecule has 0 saturated heterocycles. The summed E-state index contributed by atoms with van der Waals surface area (Å²) in [6, 6.07) is 9.26. The van der Waals surface area contributed by atoms with E-state index in [1.165, 1.54) is 0 Å². The molecule has 1 amide bonds. The molecule has 0 bridgehead atoms. The molecule has 0 aliphatic heterocycles. The topological polar surface area (TPSA) is 68.0 Å². The van der Waals surface area contributed by atoms with Crippen molar-refractivity contribution in [3.05, 3.63) is 59.4 Å². The van der Waals surface area contributed by atoms with E-state index in [9.17, 15) is 4.79 Å². The highest BCUT2D eigenvalue weighted by Gasteiger charge is 2.06. The Bertz CT molecular complexity index is 549. The van der Waals surface area contributed by atoms with Crippen LogP contribution in [0.3, 0.4) is 0 Å². The van der Waals surface area contributed by atoms with E-state index in [-0.39, 0.29) is 5.91 Å². The van der Waals surface area contributed by atoms with Crippen LogP contribution in [-0.4, -0.2) is 10.9 Å². The Balaban J connectivity index is 2.11. The fourth-order valence-corrected chi connectivity index (χ4v) is 1.61. The van der Waals surface area contributed by atoms with Gasteiger partial charge in [-0.1, -0.05) is 12.1 Å². The number of pyridine rings is 1. The molecule has 92 valence electrons. The number of aryl methyl sites for hydroxylation is 1. The van der Waals surface area contributed by atoms with Gasteiger partial charge >= 0.3 is 0 Å². The van der Waals surface area contributed by atoms with Crippen LogP contribution in [0.5, 0.6) is 0 Å². The molecule has 0 atom stereocenters. The Morgan fingerprint density at radius 1 is 1.28 bits per heavy atom. The van der Waals surface area contributed by atoms with E-state index >= 15 is 0 Å². The average molecular weight is 241 g/mol. The first-order valence-corrected chi connectivity index (χ1v) is 5.71. The van der Waals surface area contributed by atoms with Crippen molar-refractivity contribution in [3.8, 4) is 0 Å². The highest BCUT2D eigenvalue weighted by molar-refractivity contribution is 6.04. The highest BCUT2D eigenvalue weighted by atomic mass is 16.1. The molecule has 4 heteroatoms. The van der Waals surface area contributed by atoms with Crippen LogP contribution in [0.2, 0.25) is 0 Å². The van der Waals surface area contributed by atoms with Crippen molar-refractivity contribution in [1.82, 2.24) is 4.98 Å². The number of amides is 1. The molecule has 0 aliphatic carbocycles. The predicted molar refractivity (Wildman–Crippen MR) is 71.3 cm³/mol. The number of benzene rings is 1. The summed E-state index contributed by atoms with van der Waals surface area (Å²) in [5, 5.41) is 2.82. The second kappa shape index (κ2) is 5.42. The van der Waals surface area contributed by atoms with Gasteiger partial charge in [-0.25, -0.2) is 0 Å². The molecule has 2 aromatic rings. The number of nitrogens with zero attached hydrogens (tertiary/aromatic N) is 1. The van der Waals surface area contributed by atoms with E-state index in [2.05, 4.69) is 10.3 Å². The lowest BCUT2D eigenvalue weighted by Crippen LogP contribution is -2.12. The van der Waals surface area contributed by atoms with Gasteiger partial charge in [-0.3, -0.25) is 9.78 Å². The Labute approximate surface area is 106 Å². The van der Waals surface area contributed by atoms with E-state index in [1.807, 2.05) is 31.2 Å². The molecule has 2 rings (SSSR count). The predicted octanol–water partition coefficient (Wildman–Crippen LogP) is 2.10. The number of rotatable bonds is 3. The molecule has 0 aliphatic rings. The number of carbonyl (C=O) groups is 1. The van der Waals surface area contributed by atoms with Gasteiger partial charge in [-0.15, -0.1) is 0 Å². The first-order valence-electron chi connectivity index (χ1n) is 5.71. The van der Waals surface area contributed by atoms with Crippen LogP contribution in [0.1, 0.15) is 21.5 Å². The number of nitrogens with two attached hydrogens (primary N) is 1. The van der Waals surface area contributed by atoms with Crippen molar-refractivity contribution < 1.29 is 4.79 Å². The van der Waals surface area contributed by atoms with E-state index in [0.29, 0.717) is 12.1 Å². The zero-order valence-electron chi connectivity index (χ0n) is 10.2. The third-order valence-electron chi connectivity index (χ3n) is 2.58. The molecule has 0 spiro atoms. The lowest BCUT2D eigenvalue weighted by atomic mass is 10.2. The number of nitrogens with one attached hydrogen (secondary N) is 1. The lowest BCUT2D eigenvalue weighted by molar-refractivity contribution is 0.102. The van der Waals surface area contributed by atoms with Crippen molar-refractivity contribution in [2.45, 2.75) is 13.5 Å². The quantitative estimate of drug-likeness (QED) is 0.864. The summed E-state index contributed by atoms with van der Waals surface area (Å²) in [6.07, 6.45) is 3.27. The lowest BCUT2D eigenvalue weighted by Gasteiger charge is -2.06. The maximum absolute atomic E-state index is 11.9. The van der Waals surface area contributed by atoms with Crippen LogP contribution in [0, 0.1) is 6.92 Å². The van der Waals surface area contributed by atoms with E-state index in [4.69, 9.17) is 5.73 Å². The first kappa shape index (κ1) is 12.3. The van der Waals surface area contributed by atoms with Crippen LogP contribution in [0.4, 0.5) is 5.69 Å². The standard InChI is InChI=1S/C14H15N3O/c1-10-6-12(9-16-8-10)14(18)17-13-4-2-11(7-15)3-5-13/h2-6,8-9H,7,15H2,1H3,(H,17,18). The molecule has 18 heavy (non-hydrogen) atoms. The maximum atomic E-state index is 11.9. The van der Waals surface area contributed by atoms with Crippen LogP contribution in [0.25, 0.3) is 0 Å². The van der Waals surface area contributed by atoms with Gasteiger partial charge in [0.25, 0.3) is 5.91 Å². The minimum atomic E-state index is -0.160. The normalized spacial score (nSPS) is 10.1. The van der Waals surface area contributed by atoms with Gasteiger partial charge in [-0.05, 0) is 36.2 Å². The largest absolute Gasteiger partial charge is 0.326 e. The third kappa shape index (κ3) is 2.93. The number of aromatic nitrogens is 1. The van der Waals surface area contributed by atoms with Gasteiger partial charge in [-0.2, -0.15) is 0 Å². The van der Waals surface area contributed by atoms with Crippen molar-refractivity contribution in [2.75, 3.05) is 5.32 Å². The number of hydrogen-bond donors (Lipinski definition) is 2. The zero-order valence-corrected chi connectivity index (χ0v) is 10.2. The maximum Gasteiger partial charge on any atom is 0.257 e. The molecule has 0 fully saturated rings. The van der Waals surface area contributed by atoms with Crippen molar-refractivity contribution in [1.29, 1.82) is 0 Å². The van der Waals surface area contributed by atoms with Gasteiger partial charge in [0, 0.05) is 24.6 Å². The minimum Gasteiger partial charge on any atom is -0.326 e. The molecular weight excluding hydrogens is 226 g/mol. The monoisotopic (exact) mass is 241 g/mol. The van der Waals surface area contributed by atoms with Crippen LogP contribution in [0.15, 0.2) is 42.7 Å². The summed E-state index contributed by atoms with van der Waals surface area (Å²) >= 11 is 0. The molecule has 1 aromatic heterocycles. The van der Waals surface area contributed by atoms with Crippen molar-refractivity contribution in [3.63, 3.8) is 0 Å². The molecule has 1 heterocycles. The molecule has 0 radical (unpaired) electrons. The average Bonchev–Trinajstić information content (AvgIpc) is 2.39. The summed E-state index contributed by atoms with van der Waals surface area (Å²) < 4.78 is 0. The van der Waals surface area contributed by atoms with Gasteiger partial charge in [0.15, 0.2) is 0 Å². The molecule has 3 N–H and O–H groups in total. The Morgan fingerprint density at radius 2 is 2.00 bits per heavy atom. The van der Waals surface area contributed by atoms with Crippen LogP contribution >= 0.6 is 0 Å². The number of carbonyl (C=O) groups excluding carboxylic acids is 1. The van der Waals surface area contributed by atoms with E-state index in [1.54, 1.807) is 18.5 Å². The number of hydrogen-bond acceptors (Lipinski definition) is 3. The van der Waals surface area contributed by atoms with Crippen LogP contribution < -0.4 is 11.1 Å². The highest BCUT2D eigenvalue weighted by Crippen LogP contribution is 2.11. The van der Waals surface area contributed by atoms with Gasteiger partial charge in [0.1, 0.15) is 0 Å². The number of anilines is 1. The fourth-order valence-electron chi connectivity index (χ4n) is 1.61. The second-order valence-corrected chi connectivity index (χ2v) is 4.11. The molecular formula is C14H15N3O. The van der Waals surface area contributed by atoms with E-state index < -0.39 is 0 Å². The molecule has 4 nitrogen and oxygen atoms in total. The zero-order chi connectivity index (χ0) is 13.0. The first-order chi connectivity index (χ1) is 8.69. The molecule has 0 unspecified atom stereocenters.